The van der Waals surface area contributed by atoms with Gasteiger partial charge in [0.1, 0.15) is 0 Å². The summed E-state index contributed by atoms with van der Waals surface area (Å²) in [6.45, 7) is 6.00. The molecule has 16 heavy (non-hydrogen) atoms. The number of carbonyl (C=O) groups excluding carboxylic acids is 1. The standard InChI is InChI=1S/C12H17BrN2O/c1-4-9(3)14-12(16)15-10-5-6-11(13)8(2)7-10/h5-7,9H,4H2,1-3H3,(H2,14,15,16)/t9-/m0/s1. The molecule has 0 aliphatic rings. The molecule has 1 aromatic rings. The van der Waals surface area contributed by atoms with E-state index in [1.54, 1.807) is 0 Å². The monoisotopic (exact) mass is 284 g/mol. The maximum atomic E-state index is 11.5. The number of hydrogen-bond donors (Lipinski definition) is 2. The molecule has 0 bridgehead atoms. The van der Waals surface area contributed by atoms with Gasteiger partial charge in [-0.25, -0.2) is 4.79 Å². The molecule has 1 rings (SSSR count). The molecule has 0 fully saturated rings. The number of urea groups is 1. The van der Waals surface area contributed by atoms with E-state index in [0.29, 0.717) is 0 Å². The van der Waals surface area contributed by atoms with Gasteiger partial charge in [0.15, 0.2) is 0 Å². The Morgan fingerprint density at radius 1 is 1.50 bits per heavy atom. The summed E-state index contributed by atoms with van der Waals surface area (Å²) in [6, 6.07) is 5.76. The van der Waals surface area contributed by atoms with Crippen LogP contribution in [0.15, 0.2) is 22.7 Å². The first kappa shape index (κ1) is 13.0. The summed E-state index contributed by atoms with van der Waals surface area (Å²) in [6.07, 6.45) is 0.923. The van der Waals surface area contributed by atoms with Gasteiger partial charge in [0.2, 0.25) is 0 Å². The molecule has 1 aromatic carbocycles. The molecule has 0 aromatic heterocycles. The van der Waals surface area contributed by atoms with Gasteiger partial charge in [-0.15, -0.1) is 0 Å². The van der Waals surface area contributed by atoms with E-state index in [1.165, 1.54) is 0 Å². The lowest BCUT2D eigenvalue weighted by Crippen LogP contribution is -2.35. The summed E-state index contributed by atoms with van der Waals surface area (Å²) in [7, 11) is 0. The molecule has 0 unspecified atom stereocenters. The second-order valence-electron chi connectivity index (χ2n) is 3.87. The first-order valence-electron chi connectivity index (χ1n) is 5.36. The number of amides is 2. The van der Waals surface area contributed by atoms with Gasteiger partial charge < -0.3 is 10.6 Å². The lowest BCUT2D eigenvalue weighted by atomic mass is 10.2. The van der Waals surface area contributed by atoms with E-state index in [0.717, 1.165) is 22.1 Å². The number of halogens is 1. The van der Waals surface area contributed by atoms with Crippen molar-refractivity contribution >= 4 is 27.6 Å². The van der Waals surface area contributed by atoms with Gasteiger partial charge in [-0.05, 0) is 44.0 Å². The summed E-state index contributed by atoms with van der Waals surface area (Å²) in [5, 5.41) is 5.65. The van der Waals surface area contributed by atoms with E-state index in [1.807, 2.05) is 39.0 Å². The highest BCUT2D eigenvalue weighted by atomic mass is 79.9. The van der Waals surface area contributed by atoms with Gasteiger partial charge in [0.25, 0.3) is 0 Å². The zero-order valence-corrected chi connectivity index (χ0v) is 11.4. The van der Waals surface area contributed by atoms with Crippen molar-refractivity contribution in [3.05, 3.63) is 28.2 Å². The van der Waals surface area contributed by atoms with E-state index in [-0.39, 0.29) is 12.1 Å². The normalized spacial score (nSPS) is 12.0. The van der Waals surface area contributed by atoms with Crippen molar-refractivity contribution in [3.63, 3.8) is 0 Å². The van der Waals surface area contributed by atoms with Gasteiger partial charge in [0, 0.05) is 16.2 Å². The summed E-state index contributed by atoms with van der Waals surface area (Å²) >= 11 is 3.42. The van der Waals surface area contributed by atoms with Crippen LogP contribution in [0.2, 0.25) is 0 Å². The van der Waals surface area contributed by atoms with Crippen LogP contribution in [-0.2, 0) is 0 Å². The van der Waals surface area contributed by atoms with Crippen molar-refractivity contribution in [3.8, 4) is 0 Å². The van der Waals surface area contributed by atoms with E-state index in [2.05, 4.69) is 26.6 Å². The van der Waals surface area contributed by atoms with E-state index >= 15 is 0 Å². The van der Waals surface area contributed by atoms with E-state index in [4.69, 9.17) is 0 Å². The third-order valence-electron chi connectivity index (χ3n) is 2.41. The average molecular weight is 285 g/mol. The molecule has 2 amide bonds. The van der Waals surface area contributed by atoms with Crippen LogP contribution in [0.5, 0.6) is 0 Å². The minimum Gasteiger partial charge on any atom is -0.335 e. The summed E-state index contributed by atoms with van der Waals surface area (Å²) in [5.41, 5.74) is 1.91. The zero-order chi connectivity index (χ0) is 12.1. The highest BCUT2D eigenvalue weighted by Crippen LogP contribution is 2.19. The molecule has 3 nitrogen and oxygen atoms in total. The summed E-state index contributed by atoms with van der Waals surface area (Å²) in [4.78, 5) is 11.5. The maximum absolute atomic E-state index is 11.5. The first-order chi connectivity index (χ1) is 7.52. The van der Waals surface area contributed by atoms with Gasteiger partial charge >= 0.3 is 6.03 Å². The Balaban J connectivity index is 2.59. The van der Waals surface area contributed by atoms with Crippen molar-refractivity contribution in [2.45, 2.75) is 33.2 Å². The molecule has 0 heterocycles. The van der Waals surface area contributed by atoms with Crippen molar-refractivity contribution in [1.82, 2.24) is 5.32 Å². The number of hydrogen-bond acceptors (Lipinski definition) is 1. The molecular formula is C12H17BrN2O. The van der Waals surface area contributed by atoms with Crippen molar-refractivity contribution in [1.29, 1.82) is 0 Å². The SMILES string of the molecule is CC[C@H](C)NC(=O)Nc1ccc(Br)c(C)c1. The lowest BCUT2D eigenvalue weighted by molar-refractivity contribution is 0.249. The molecule has 88 valence electrons. The number of anilines is 1. The minimum atomic E-state index is -0.156. The molecule has 0 saturated carbocycles. The van der Waals surface area contributed by atoms with E-state index in [9.17, 15) is 4.79 Å². The Morgan fingerprint density at radius 2 is 2.19 bits per heavy atom. The molecule has 0 saturated heterocycles. The van der Waals surface area contributed by atoms with Crippen LogP contribution in [0.4, 0.5) is 10.5 Å². The Hall–Kier alpha value is -1.03. The van der Waals surface area contributed by atoms with Crippen molar-refractivity contribution in [2.75, 3.05) is 5.32 Å². The first-order valence-corrected chi connectivity index (χ1v) is 6.16. The highest BCUT2D eigenvalue weighted by Gasteiger charge is 2.05. The number of aryl methyl sites for hydroxylation is 1. The van der Waals surface area contributed by atoms with Gasteiger partial charge in [-0.2, -0.15) is 0 Å². The van der Waals surface area contributed by atoms with Crippen LogP contribution in [0.25, 0.3) is 0 Å². The predicted octanol–water partition coefficient (Wildman–Crippen LogP) is 3.68. The fourth-order valence-corrected chi connectivity index (χ4v) is 1.46. The van der Waals surface area contributed by atoms with Crippen LogP contribution < -0.4 is 10.6 Å². The van der Waals surface area contributed by atoms with Gasteiger partial charge in [-0.3, -0.25) is 0 Å². The average Bonchev–Trinajstić information content (AvgIpc) is 2.23. The Bertz CT molecular complexity index is 379. The molecule has 0 aliphatic heterocycles. The number of nitrogens with one attached hydrogen (secondary N) is 2. The largest absolute Gasteiger partial charge is 0.335 e. The van der Waals surface area contributed by atoms with Crippen LogP contribution in [0.3, 0.4) is 0 Å². The minimum absolute atomic E-state index is 0.156. The third-order valence-corrected chi connectivity index (χ3v) is 3.30. The fraction of sp³-hybridized carbons (Fsp3) is 0.417. The smallest absolute Gasteiger partial charge is 0.319 e. The van der Waals surface area contributed by atoms with Gasteiger partial charge in [-0.1, -0.05) is 22.9 Å². The molecule has 0 radical (unpaired) electrons. The fourth-order valence-electron chi connectivity index (χ4n) is 1.22. The molecule has 0 aliphatic carbocycles. The molecule has 1 atom stereocenters. The Labute approximate surface area is 105 Å². The van der Waals surface area contributed by atoms with Crippen molar-refractivity contribution in [2.24, 2.45) is 0 Å². The van der Waals surface area contributed by atoms with Crippen LogP contribution in [-0.4, -0.2) is 12.1 Å². The summed E-state index contributed by atoms with van der Waals surface area (Å²) < 4.78 is 1.04. The molecule has 4 heteroatoms. The van der Waals surface area contributed by atoms with Gasteiger partial charge in [0.05, 0.1) is 0 Å². The molecule has 0 spiro atoms. The topological polar surface area (TPSA) is 41.1 Å². The quantitative estimate of drug-likeness (QED) is 0.874. The highest BCUT2D eigenvalue weighted by molar-refractivity contribution is 9.10. The second-order valence-corrected chi connectivity index (χ2v) is 4.73. The Kier molecular flexibility index (Phi) is 4.80. The van der Waals surface area contributed by atoms with E-state index < -0.39 is 0 Å². The molecule has 2 N–H and O–H groups in total. The lowest BCUT2D eigenvalue weighted by Gasteiger charge is -2.13. The maximum Gasteiger partial charge on any atom is 0.319 e. The third kappa shape index (κ3) is 3.85. The van der Waals surface area contributed by atoms with Crippen LogP contribution in [0, 0.1) is 6.92 Å². The zero-order valence-electron chi connectivity index (χ0n) is 9.80. The summed E-state index contributed by atoms with van der Waals surface area (Å²) in [5.74, 6) is 0. The Morgan fingerprint density at radius 3 is 2.75 bits per heavy atom. The molecular weight excluding hydrogens is 268 g/mol. The predicted molar refractivity (Wildman–Crippen MR) is 70.8 cm³/mol. The van der Waals surface area contributed by atoms with Crippen molar-refractivity contribution < 1.29 is 4.79 Å². The number of benzene rings is 1. The van der Waals surface area contributed by atoms with Crippen LogP contribution >= 0.6 is 15.9 Å². The van der Waals surface area contributed by atoms with Crippen LogP contribution in [0.1, 0.15) is 25.8 Å². The number of rotatable bonds is 3. The number of carbonyl (C=O) groups is 1. The second kappa shape index (κ2) is 5.89.